The molecule has 0 aliphatic carbocycles. The van der Waals surface area contributed by atoms with Gasteiger partial charge in [0.25, 0.3) is 5.91 Å². The molecule has 2 aromatic heterocycles. The highest BCUT2D eigenvalue weighted by atomic mass is 32.1. The summed E-state index contributed by atoms with van der Waals surface area (Å²) in [5.41, 5.74) is 4.50. The zero-order valence-corrected chi connectivity index (χ0v) is 16.8. The van der Waals surface area contributed by atoms with Crippen molar-refractivity contribution in [1.29, 1.82) is 0 Å². The van der Waals surface area contributed by atoms with E-state index in [1.54, 1.807) is 11.6 Å². The molecule has 144 valence electrons. The van der Waals surface area contributed by atoms with Gasteiger partial charge in [-0.25, -0.2) is 9.97 Å². The van der Waals surface area contributed by atoms with Crippen molar-refractivity contribution in [2.24, 2.45) is 0 Å². The molecule has 7 heteroatoms. The Morgan fingerprint density at radius 2 is 1.96 bits per heavy atom. The Labute approximate surface area is 168 Å². The quantitative estimate of drug-likeness (QED) is 0.727. The van der Waals surface area contributed by atoms with E-state index in [0.717, 1.165) is 40.7 Å². The van der Waals surface area contributed by atoms with Gasteiger partial charge in [0.15, 0.2) is 0 Å². The fourth-order valence-electron chi connectivity index (χ4n) is 3.04. The summed E-state index contributed by atoms with van der Waals surface area (Å²) in [6.45, 7) is 7.17. The van der Waals surface area contributed by atoms with Gasteiger partial charge in [0.05, 0.1) is 13.2 Å². The minimum absolute atomic E-state index is 0.201. The smallest absolute Gasteiger partial charge is 0.275 e. The van der Waals surface area contributed by atoms with Crippen molar-refractivity contribution < 1.29 is 9.53 Å². The van der Waals surface area contributed by atoms with Crippen LogP contribution in [0.2, 0.25) is 0 Å². The Morgan fingerprint density at radius 3 is 2.75 bits per heavy atom. The van der Waals surface area contributed by atoms with Gasteiger partial charge in [-0.1, -0.05) is 6.07 Å². The van der Waals surface area contributed by atoms with Crippen LogP contribution in [-0.4, -0.2) is 42.2 Å². The lowest BCUT2D eigenvalue weighted by Crippen LogP contribution is -2.36. The molecular formula is C21H22N4O2S. The number of ether oxygens (including phenoxy) is 1. The van der Waals surface area contributed by atoms with Crippen LogP contribution in [-0.2, 0) is 4.74 Å². The summed E-state index contributed by atoms with van der Waals surface area (Å²) >= 11 is 1.46. The van der Waals surface area contributed by atoms with E-state index < -0.39 is 0 Å². The molecule has 0 radical (unpaired) electrons. The Morgan fingerprint density at radius 1 is 1.14 bits per heavy atom. The van der Waals surface area contributed by atoms with Gasteiger partial charge in [0.2, 0.25) is 0 Å². The molecule has 0 spiro atoms. The fraction of sp³-hybridized carbons (Fsp3) is 0.286. The number of aryl methyl sites for hydroxylation is 2. The van der Waals surface area contributed by atoms with Crippen LogP contribution >= 0.6 is 11.3 Å². The molecule has 1 aromatic carbocycles. The molecular weight excluding hydrogens is 372 g/mol. The molecule has 28 heavy (non-hydrogen) atoms. The van der Waals surface area contributed by atoms with Gasteiger partial charge in [-0.3, -0.25) is 4.79 Å². The first-order chi connectivity index (χ1) is 13.6. The van der Waals surface area contributed by atoms with Crippen LogP contribution in [0.5, 0.6) is 0 Å². The number of carbonyl (C=O) groups is 1. The maximum Gasteiger partial charge on any atom is 0.275 e. The third-order valence-electron chi connectivity index (χ3n) is 4.83. The van der Waals surface area contributed by atoms with Crippen LogP contribution in [0.15, 0.2) is 41.9 Å². The number of amides is 1. The number of carbonyl (C=O) groups excluding carboxylic acids is 1. The normalized spacial score (nSPS) is 14.1. The first-order valence-corrected chi connectivity index (χ1v) is 10.1. The molecule has 1 amide bonds. The van der Waals surface area contributed by atoms with Crippen molar-refractivity contribution >= 4 is 28.7 Å². The lowest BCUT2D eigenvalue weighted by molar-refractivity contribution is 0.102. The number of anilines is 2. The first kappa shape index (κ1) is 18.6. The summed E-state index contributed by atoms with van der Waals surface area (Å²) in [4.78, 5) is 23.8. The second-order valence-corrected chi connectivity index (χ2v) is 7.65. The third-order valence-corrected chi connectivity index (χ3v) is 5.72. The van der Waals surface area contributed by atoms with Gasteiger partial charge < -0.3 is 15.0 Å². The van der Waals surface area contributed by atoms with Crippen molar-refractivity contribution in [3.05, 3.63) is 58.7 Å². The van der Waals surface area contributed by atoms with Gasteiger partial charge in [0.1, 0.15) is 16.5 Å². The molecule has 1 aliphatic rings. The maximum absolute atomic E-state index is 12.6. The van der Waals surface area contributed by atoms with Gasteiger partial charge in [-0.15, -0.1) is 11.3 Å². The number of morpholine rings is 1. The van der Waals surface area contributed by atoms with Gasteiger partial charge in [-0.05, 0) is 49.2 Å². The molecule has 1 fully saturated rings. The highest BCUT2D eigenvalue weighted by Crippen LogP contribution is 2.27. The van der Waals surface area contributed by atoms with E-state index in [1.807, 2.05) is 44.2 Å². The third kappa shape index (κ3) is 4.05. The largest absolute Gasteiger partial charge is 0.378 e. The molecule has 0 atom stereocenters. The Hall–Kier alpha value is -2.77. The van der Waals surface area contributed by atoms with Crippen LogP contribution in [0, 0.1) is 13.8 Å². The molecule has 0 bridgehead atoms. The molecule has 1 saturated heterocycles. The van der Waals surface area contributed by atoms with Crippen LogP contribution in [0.3, 0.4) is 0 Å². The zero-order chi connectivity index (χ0) is 19.5. The van der Waals surface area contributed by atoms with Crippen molar-refractivity contribution in [2.45, 2.75) is 13.8 Å². The summed E-state index contributed by atoms with van der Waals surface area (Å²) < 4.78 is 5.40. The van der Waals surface area contributed by atoms with Gasteiger partial charge >= 0.3 is 0 Å². The lowest BCUT2D eigenvalue weighted by atomic mass is 10.1. The Balaban J connectivity index is 1.50. The summed E-state index contributed by atoms with van der Waals surface area (Å²) in [7, 11) is 0. The first-order valence-electron chi connectivity index (χ1n) is 9.23. The number of nitrogens with one attached hydrogen (secondary N) is 1. The average Bonchev–Trinajstić information content (AvgIpc) is 3.22. The maximum atomic E-state index is 12.6. The minimum atomic E-state index is -0.201. The second-order valence-electron chi connectivity index (χ2n) is 6.79. The van der Waals surface area contributed by atoms with Crippen LogP contribution in [0.25, 0.3) is 10.6 Å². The molecule has 6 nitrogen and oxygen atoms in total. The average molecular weight is 395 g/mol. The number of hydrogen-bond acceptors (Lipinski definition) is 6. The highest BCUT2D eigenvalue weighted by Gasteiger charge is 2.16. The number of pyridine rings is 1. The number of hydrogen-bond donors (Lipinski definition) is 1. The number of aromatic nitrogens is 2. The van der Waals surface area contributed by atoms with E-state index in [1.165, 1.54) is 16.9 Å². The van der Waals surface area contributed by atoms with Crippen molar-refractivity contribution in [3.63, 3.8) is 0 Å². The predicted molar refractivity (Wildman–Crippen MR) is 112 cm³/mol. The van der Waals surface area contributed by atoms with Gasteiger partial charge in [0, 0.05) is 35.9 Å². The Bertz CT molecular complexity index is 996. The molecule has 0 unspecified atom stereocenters. The van der Waals surface area contributed by atoms with Crippen molar-refractivity contribution in [1.82, 2.24) is 9.97 Å². The monoisotopic (exact) mass is 394 g/mol. The zero-order valence-electron chi connectivity index (χ0n) is 15.9. The van der Waals surface area contributed by atoms with E-state index in [0.29, 0.717) is 18.9 Å². The van der Waals surface area contributed by atoms with E-state index in [4.69, 9.17) is 4.74 Å². The molecule has 3 heterocycles. The number of thiazole rings is 1. The number of benzene rings is 1. The topological polar surface area (TPSA) is 67.4 Å². The molecule has 4 rings (SSSR count). The van der Waals surface area contributed by atoms with E-state index in [2.05, 4.69) is 20.2 Å². The van der Waals surface area contributed by atoms with E-state index >= 15 is 0 Å². The minimum Gasteiger partial charge on any atom is -0.378 e. The molecule has 0 saturated carbocycles. The van der Waals surface area contributed by atoms with Crippen LogP contribution in [0.1, 0.15) is 21.6 Å². The molecule has 3 aromatic rings. The van der Waals surface area contributed by atoms with Gasteiger partial charge in [-0.2, -0.15) is 0 Å². The Kier molecular flexibility index (Phi) is 5.36. The number of nitrogens with zero attached hydrogens (tertiary/aromatic N) is 3. The van der Waals surface area contributed by atoms with Crippen LogP contribution < -0.4 is 10.2 Å². The summed E-state index contributed by atoms with van der Waals surface area (Å²) in [6, 6.07) is 9.83. The SMILES string of the molecule is Cc1ccc(NC(=O)c2csc(-c3ccnc(N4CCOCC4)c3)n2)cc1C. The van der Waals surface area contributed by atoms with Crippen molar-refractivity contribution in [3.8, 4) is 10.6 Å². The predicted octanol–water partition coefficient (Wildman–Crippen LogP) is 3.91. The lowest BCUT2D eigenvalue weighted by Gasteiger charge is -2.27. The molecule has 1 N–H and O–H groups in total. The van der Waals surface area contributed by atoms with E-state index in [-0.39, 0.29) is 5.91 Å². The van der Waals surface area contributed by atoms with Crippen molar-refractivity contribution in [2.75, 3.05) is 36.5 Å². The van der Waals surface area contributed by atoms with Crippen LogP contribution in [0.4, 0.5) is 11.5 Å². The standard InChI is InChI=1S/C21H22N4O2S/c1-14-3-4-17(11-15(14)2)23-20(26)18-13-28-21(24-18)16-5-6-22-19(12-16)25-7-9-27-10-8-25/h3-6,11-13H,7-10H2,1-2H3,(H,23,26). The number of rotatable bonds is 4. The highest BCUT2D eigenvalue weighted by molar-refractivity contribution is 7.13. The summed E-state index contributed by atoms with van der Waals surface area (Å²) in [5.74, 6) is 0.713. The molecule has 1 aliphatic heterocycles. The van der Waals surface area contributed by atoms with E-state index in [9.17, 15) is 4.79 Å². The summed E-state index contributed by atoms with van der Waals surface area (Å²) in [6.07, 6.45) is 1.79. The fourth-order valence-corrected chi connectivity index (χ4v) is 3.84. The second kappa shape index (κ2) is 8.08. The summed E-state index contributed by atoms with van der Waals surface area (Å²) in [5, 5.41) is 5.52.